The van der Waals surface area contributed by atoms with Crippen molar-refractivity contribution in [2.45, 2.75) is 38.6 Å². The zero-order chi connectivity index (χ0) is 15.9. The Morgan fingerprint density at radius 1 is 1.23 bits per heavy atom. The molecule has 0 fully saturated rings. The van der Waals surface area contributed by atoms with Gasteiger partial charge >= 0.3 is 0 Å². The highest BCUT2D eigenvalue weighted by molar-refractivity contribution is 5.76. The molecule has 0 aliphatic rings. The summed E-state index contributed by atoms with van der Waals surface area (Å²) in [5.41, 5.74) is 9.21. The second-order valence-corrected chi connectivity index (χ2v) is 5.72. The van der Waals surface area contributed by atoms with E-state index in [0.29, 0.717) is 25.3 Å². The second kappa shape index (κ2) is 7.75. The smallest absolute Gasteiger partial charge is 0.220 e. The standard InChI is InChI=1S/C17H23N3O2/c1-12(2)13-3-5-14(6-4-13)16(18)11-19-17(21)8-7-15-9-10-22-20-15/h3-6,9-10,12,16H,7-8,11,18H2,1-2H3,(H,19,21)/t16-/m1/s1. The van der Waals surface area contributed by atoms with Crippen molar-refractivity contribution in [1.29, 1.82) is 0 Å². The van der Waals surface area contributed by atoms with Gasteiger partial charge in [0.25, 0.3) is 0 Å². The molecule has 0 aliphatic heterocycles. The Labute approximate surface area is 130 Å². The lowest BCUT2D eigenvalue weighted by atomic mass is 9.99. The van der Waals surface area contributed by atoms with Gasteiger partial charge in [0.15, 0.2) is 0 Å². The van der Waals surface area contributed by atoms with Crippen molar-refractivity contribution in [3.63, 3.8) is 0 Å². The maximum atomic E-state index is 11.8. The summed E-state index contributed by atoms with van der Waals surface area (Å²) >= 11 is 0. The van der Waals surface area contributed by atoms with Crippen LogP contribution in [0.15, 0.2) is 41.1 Å². The Hall–Kier alpha value is -2.14. The Kier molecular flexibility index (Phi) is 5.72. The molecule has 5 nitrogen and oxygen atoms in total. The first kappa shape index (κ1) is 16.2. The normalized spacial score (nSPS) is 12.4. The van der Waals surface area contributed by atoms with Gasteiger partial charge in [-0.3, -0.25) is 4.79 Å². The third kappa shape index (κ3) is 4.70. The molecule has 1 aromatic heterocycles. The minimum absolute atomic E-state index is 0.0303. The molecule has 0 bridgehead atoms. The maximum Gasteiger partial charge on any atom is 0.220 e. The lowest BCUT2D eigenvalue weighted by molar-refractivity contribution is -0.121. The van der Waals surface area contributed by atoms with Gasteiger partial charge in [0.2, 0.25) is 5.91 Å². The van der Waals surface area contributed by atoms with Gasteiger partial charge in [-0.1, -0.05) is 43.3 Å². The molecule has 0 unspecified atom stereocenters. The number of nitrogens with two attached hydrogens (primary N) is 1. The molecule has 1 atom stereocenters. The zero-order valence-corrected chi connectivity index (χ0v) is 13.1. The summed E-state index contributed by atoms with van der Waals surface area (Å²) in [4.78, 5) is 11.8. The number of carbonyl (C=O) groups excluding carboxylic acids is 1. The van der Waals surface area contributed by atoms with Gasteiger partial charge in [-0.05, 0) is 17.0 Å². The first-order valence-corrected chi connectivity index (χ1v) is 7.57. The van der Waals surface area contributed by atoms with Crippen molar-refractivity contribution in [2.75, 3.05) is 6.54 Å². The Balaban J connectivity index is 1.76. The molecule has 2 aromatic rings. The van der Waals surface area contributed by atoms with Gasteiger partial charge in [0.05, 0.1) is 5.69 Å². The first-order chi connectivity index (χ1) is 10.6. The number of nitrogens with zero attached hydrogens (tertiary/aromatic N) is 1. The lowest BCUT2D eigenvalue weighted by Gasteiger charge is -2.14. The summed E-state index contributed by atoms with van der Waals surface area (Å²) in [6.07, 6.45) is 2.45. The molecule has 118 valence electrons. The van der Waals surface area contributed by atoms with Crippen LogP contribution in [0.2, 0.25) is 0 Å². The fourth-order valence-corrected chi connectivity index (χ4v) is 2.17. The van der Waals surface area contributed by atoms with Gasteiger partial charge in [0, 0.05) is 31.5 Å². The van der Waals surface area contributed by atoms with Crippen LogP contribution in [0.4, 0.5) is 0 Å². The number of carbonyl (C=O) groups is 1. The fraction of sp³-hybridized carbons (Fsp3) is 0.412. The molecule has 1 aromatic carbocycles. The van der Waals surface area contributed by atoms with Gasteiger partial charge < -0.3 is 15.6 Å². The fourth-order valence-electron chi connectivity index (χ4n) is 2.17. The van der Waals surface area contributed by atoms with Crippen molar-refractivity contribution in [3.05, 3.63) is 53.4 Å². The molecule has 0 radical (unpaired) electrons. The Morgan fingerprint density at radius 2 is 1.91 bits per heavy atom. The Bertz CT molecular complexity index is 576. The van der Waals surface area contributed by atoms with Crippen LogP contribution in [0, 0.1) is 0 Å². The largest absolute Gasteiger partial charge is 0.365 e. The highest BCUT2D eigenvalue weighted by atomic mass is 16.5. The van der Waals surface area contributed by atoms with Crippen LogP contribution in [0.1, 0.15) is 49.0 Å². The number of aromatic nitrogens is 1. The topological polar surface area (TPSA) is 81.1 Å². The number of aryl methyl sites for hydroxylation is 1. The van der Waals surface area contributed by atoms with Crippen LogP contribution in [0.25, 0.3) is 0 Å². The van der Waals surface area contributed by atoms with Crippen LogP contribution in [0.5, 0.6) is 0 Å². The molecule has 1 heterocycles. The molecule has 0 saturated heterocycles. The summed E-state index contributed by atoms with van der Waals surface area (Å²) in [6.45, 7) is 4.74. The van der Waals surface area contributed by atoms with Crippen molar-refractivity contribution in [3.8, 4) is 0 Å². The summed E-state index contributed by atoms with van der Waals surface area (Å²) in [5, 5.41) is 6.63. The number of nitrogens with one attached hydrogen (secondary N) is 1. The van der Waals surface area contributed by atoms with Gasteiger partial charge in [-0.2, -0.15) is 0 Å². The van der Waals surface area contributed by atoms with Crippen molar-refractivity contribution < 1.29 is 9.32 Å². The Morgan fingerprint density at radius 3 is 2.50 bits per heavy atom. The molecular weight excluding hydrogens is 278 g/mol. The van der Waals surface area contributed by atoms with Crippen LogP contribution in [0.3, 0.4) is 0 Å². The summed E-state index contributed by atoms with van der Waals surface area (Å²) in [7, 11) is 0. The monoisotopic (exact) mass is 301 g/mol. The minimum atomic E-state index is -0.197. The van der Waals surface area contributed by atoms with E-state index < -0.39 is 0 Å². The molecule has 0 spiro atoms. The zero-order valence-electron chi connectivity index (χ0n) is 13.1. The SMILES string of the molecule is CC(C)c1ccc([C@H](N)CNC(=O)CCc2ccon2)cc1. The van der Waals surface area contributed by atoms with E-state index in [4.69, 9.17) is 10.3 Å². The minimum Gasteiger partial charge on any atom is -0.365 e. The van der Waals surface area contributed by atoms with Crippen LogP contribution < -0.4 is 11.1 Å². The van der Waals surface area contributed by atoms with E-state index in [-0.39, 0.29) is 11.9 Å². The van der Waals surface area contributed by atoms with E-state index in [0.717, 1.165) is 11.3 Å². The number of rotatable bonds is 7. The van der Waals surface area contributed by atoms with E-state index in [1.807, 2.05) is 12.1 Å². The third-order valence-corrected chi connectivity index (χ3v) is 3.65. The summed E-state index contributed by atoms with van der Waals surface area (Å²) < 4.78 is 4.73. The predicted octanol–water partition coefficient (Wildman–Crippen LogP) is 2.55. The molecule has 0 aliphatic carbocycles. The molecule has 1 amide bonds. The summed E-state index contributed by atoms with van der Waals surface area (Å²) in [5.74, 6) is 0.471. The average Bonchev–Trinajstić information content (AvgIpc) is 3.04. The number of hydrogen-bond donors (Lipinski definition) is 2. The average molecular weight is 301 g/mol. The number of amides is 1. The molecule has 22 heavy (non-hydrogen) atoms. The van der Waals surface area contributed by atoms with Crippen LogP contribution >= 0.6 is 0 Å². The highest BCUT2D eigenvalue weighted by Crippen LogP contribution is 2.17. The molecule has 5 heteroatoms. The van der Waals surface area contributed by atoms with Crippen molar-refractivity contribution >= 4 is 5.91 Å². The number of benzene rings is 1. The van der Waals surface area contributed by atoms with Gasteiger partial charge in [0.1, 0.15) is 6.26 Å². The first-order valence-electron chi connectivity index (χ1n) is 7.57. The van der Waals surface area contributed by atoms with E-state index in [1.54, 1.807) is 6.07 Å². The second-order valence-electron chi connectivity index (χ2n) is 5.72. The molecule has 2 rings (SSSR count). The van der Waals surface area contributed by atoms with Crippen molar-refractivity contribution in [1.82, 2.24) is 10.5 Å². The summed E-state index contributed by atoms with van der Waals surface area (Å²) in [6, 6.07) is 9.80. The van der Waals surface area contributed by atoms with Crippen LogP contribution in [-0.4, -0.2) is 17.6 Å². The van der Waals surface area contributed by atoms with E-state index in [2.05, 4.69) is 36.5 Å². The molecular formula is C17H23N3O2. The predicted molar refractivity (Wildman–Crippen MR) is 85.3 cm³/mol. The quantitative estimate of drug-likeness (QED) is 0.823. The van der Waals surface area contributed by atoms with E-state index in [9.17, 15) is 4.79 Å². The highest BCUT2D eigenvalue weighted by Gasteiger charge is 2.09. The molecule has 3 N–H and O–H groups in total. The van der Waals surface area contributed by atoms with E-state index >= 15 is 0 Å². The lowest BCUT2D eigenvalue weighted by Crippen LogP contribution is -2.32. The van der Waals surface area contributed by atoms with Gasteiger partial charge in [-0.15, -0.1) is 0 Å². The van der Waals surface area contributed by atoms with Crippen molar-refractivity contribution in [2.24, 2.45) is 5.73 Å². The third-order valence-electron chi connectivity index (χ3n) is 3.65. The van der Waals surface area contributed by atoms with Crippen LogP contribution in [-0.2, 0) is 11.2 Å². The van der Waals surface area contributed by atoms with E-state index in [1.165, 1.54) is 11.8 Å². The molecule has 0 saturated carbocycles. The van der Waals surface area contributed by atoms with Gasteiger partial charge in [-0.25, -0.2) is 0 Å². The number of hydrogen-bond acceptors (Lipinski definition) is 4. The maximum absolute atomic E-state index is 11.8.